The molecule has 3 rings (SSSR count). The number of sulfonamides is 1. The van der Waals surface area contributed by atoms with E-state index in [0.29, 0.717) is 47.3 Å². The summed E-state index contributed by atoms with van der Waals surface area (Å²) in [5, 5.41) is 0.634. The van der Waals surface area contributed by atoms with E-state index in [2.05, 4.69) is 0 Å². The smallest absolute Gasteiger partial charge is 0.227 e. The molecule has 1 unspecified atom stereocenters. The molecule has 0 N–H and O–H groups in total. The summed E-state index contributed by atoms with van der Waals surface area (Å²) >= 11 is 12.3. The number of amides is 1. The number of halogens is 2. The topological polar surface area (TPSA) is 66.9 Å². The van der Waals surface area contributed by atoms with Crippen LogP contribution in [0.4, 0.5) is 0 Å². The summed E-state index contributed by atoms with van der Waals surface area (Å²) in [5.41, 5.74) is 1.28. The Bertz CT molecular complexity index is 1030. The zero-order valence-corrected chi connectivity index (χ0v) is 19.9. The fourth-order valence-electron chi connectivity index (χ4n) is 3.82. The molecule has 0 aliphatic carbocycles. The molecule has 1 amide bonds. The van der Waals surface area contributed by atoms with Gasteiger partial charge in [-0.05, 0) is 31.0 Å². The molecule has 1 aliphatic rings. The van der Waals surface area contributed by atoms with E-state index in [9.17, 15) is 13.2 Å². The van der Waals surface area contributed by atoms with Gasteiger partial charge >= 0.3 is 0 Å². The number of carbonyl (C=O) groups excluding carboxylic acids is 1. The molecule has 1 atom stereocenters. The molecular formula is C22H26Cl2N2O4S. The van der Waals surface area contributed by atoms with Gasteiger partial charge in [0.2, 0.25) is 15.9 Å². The third kappa shape index (κ3) is 5.71. The Morgan fingerprint density at radius 1 is 1.16 bits per heavy atom. The van der Waals surface area contributed by atoms with Gasteiger partial charge in [-0.2, -0.15) is 0 Å². The Morgan fingerprint density at radius 2 is 1.84 bits per heavy atom. The van der Waals surface area contributed by atoms with Gasteiger partial charge in [-0.25, -0.2) is 12.7 Å². The molecule has 1 aliphatic heterocycles. The fraction of sp³-hybridized carbons (Fsp3) is 0.409. The SMILES string of the molecule is COc1ccccc1CN(C)C(=O)C1CCCN(S(=O)(=O)Cc2c(Cl)cccc2Cl)C1. The van der Waals surface area contributed by atoms with E-state index in [1.165, 1.54) is 4.31 Å². The highest BCUT2D eigenvalue weighted by Gasteiger charge is 2.34. The Morgan fingerprint density at radius 3 is 2.52 bits per heavy atom. The van der Waals surface area contributed by atoms with Crippen molar-refractivity contribution < 1.29 is 17.9 Å². The molecule has 0 radical (unpaired) electrons. The van der Waals surface area contributed by atoms with E-state index in [1.54, 1.807) is 37.3 Å². The third-order valence-corrected chi connectivity index (χ3v) is 7.97. The highest BCUT2D eigenvalue weighted by Crippen LogP contribution is 2.29. The van der Waals surface area contributed by atoms with Crippen molar-refractivity contribution in [2.75, 3.05) is 27.2 Å². The van der Waals surface area contributed by atoms with E-state index in [-0.39, 0.29) is 18.2 Å². The maximum Gasteiger partial charge on any atom is 0.227 e. The van der Waals surface area contributed by atoms with Crippen LogP contribution in [-0.2, 0) is 27.1 Å². The lowest BCUT2D eigenvalue weighted by Gasteiger charge is -2.33. The average molecular weight is 485 g/mol. The zero-order chi connectivity index (χ0) is 22.6. The van der Waals surface area contributed by atoms with Crippen molar-refractivity contribution in [3.05, 3.63) is 63.6 Å². The Balaban J connectivity index is 1.69. The molecule has 9 heteroatoms. The molecule has 0 spiro atoms. The maximum absolute atomic E-state index is 13.1. The van der Waals surface area contributed by atoms with Gasteiger partial charge in [0, 0.05) is 47.9 Å². The summed E-state index contributed by atoms with van der Waals surface area (Å²) in [5.74, 6) is -0.0538. The van der Waals surface area contributed by atoms with E-state index in [4.69, 9.17) is 27.9 Å². The molecule has 0 bridgehead atoms. The fourth-order valence-corrected chi connectivity index (χ4v) is 6.18. The number of hydrogen-bond acceptors (Lipinski definition) is 4. The van der Waals surface area contributed by atoms with Crippen LogP contribution in [0.15, 0.2) is 42.5 Å². The minimum absolute atomic E-state index is 0.0819. The summed E-state index contributed by atoms with van der Waals surface area (Å²) in [4.78, 5) is 14.7. The van der Waals surface area contributed by atoms with Crippen LogP contribution in [0, 0.1) is 5.92 Å². The Kier molecular flexibility index (Phi) is 7.86. The predicted molar refractivity (Wildman–Crippen MR) is 123 cm³/mol. The number of benzene rings is 2. The zero-order valence-electron chi connectivity index (χ0n) is 17.6. The highest BCUT2D eigenvalue weighted by molar-refractivity contribution is 7.88. The van der Waals surface area contributed by atoms with Crippen LogP contribution in [-0.4, -0.2) is 50.8 Å². The predicted octanol–water partition coefficient (Wildman–Crippen LogP) is 4.20. The molecule has 0 aromatic heterocycles. The highest BCUT2D eigenvalue weighted by atomic mass is 35.5. The van der Waals surface area contributed by atoms with Crippen LogP contribution >= 0.6 is 23.2 Å². The summed E-state index contributed by atoms with van der Waals surface area (Å²) in [6.07, 6.45) is 1.27. The first-order valence-corrected chi connectivity index (χ1v) is 12.4. The molecule has 1 saturated heterocycles. The van der Waals surface area contributed by atoms with Gasteiger partial charge < -0.3 is 9.64 Å². The second-order valence-corrected chi connectivity index (χ2v) is 10.4. The standard InChI is InChI=1S/C22H26Cl2N2O4S/c1-25(13-16-7-3-4-11-21(16)30-2)22(27)17-8-6-12-26(14-17)31(28,29)15-18-19(23)9-5-10-20(18)24/h3-5,7,9-11,17H,6,8,12-15H2,1-2H3. The largest absolute Gasteiger partial charge is 0.496 e. The van der Waals surface area contributed by atoms with Gasteiger partial charge in [-0.1, -0.05) is 47.5 Å². The second-order valence-electron chi connectivity index (χ2n) is 7.66. The van der Waals surface area contributed by atoms with Gasteiger partial charge in [-0.3, -0.25) is 4.79 Å². The third-order valence-electron chi connectivity index (χ3n) is 5.49. The molecule has 168 valence electrons. The number of hydrogen-bond donors (Lipinski definition) is 0. The van der Waals surface area contributed by atoms with Crippen molar-refractivity contribution in [3.8, 4) is 5.75 Å². The summed E-state index contributed by atoms with van der Waals surface area (Å²) in [7, 11) is -0.348. The van der Waals surface area contributed by atoms with Crippen molar-refractivity contribution in [1.82, 2.24) is 9.21 Å². The minimum Gasteiger partial charge on any atom is -0.496 e. The van der Waals surface area contributed by atoms with Crippen LogP contribution < -0.4 is 4.74 Å². The number of rotatable bonds is 7. The van der Waals surface area contributed by atoms with E-state index in [1.807, 2.05) is 24.3 Å². The molecule has 0 saturated carbocycles. The first-order chi connectivity index (χ1) is 14.7. The molecule has 1 heterocycles. The van der Waals surface area contributed by atoms with Gasteiger partial charge in [-0.15, -0.1) is 0 Å². The lowest BCUT2D eigenvalue weighted by atomic mass is 9.98. The number of carbonyl (C=O) groups is 1. The number of nitrogens with zero attached hydrogens (tertiary/aromatic N) is 2. The second kappa shape index (κ2) is 10.2. The number of methoxy groups -OCH3 is 1. The summed E-state index contributed by atoms with van der Waals surface area (Å²) < 4.78 is 32.8. The van der Waals surface area contributed by atoms with E-state index >= 15 is 0 Å². The van der Waals surface area contributed by atoms with Gasteiger partial charge in [0.05, 0.1) is 18.8 Å². The van der Waals surface area contributed by atoms with Crippen molar-refractivity contribution in [2.24, 2.45) is 5.92 Å². The molecular weight excluding hydrogens is 459 g/mol. The maximum atomic E-state index is 13.1. The van der Waals surface area contributed by atoms with Crippen LogP contribution in [0.5, 0.6) is 5.75 Å². The number of para-hydroxylation sites is 1. The van der Waals surface area contributed by atoms with Crippen molar-refractivity contribution >= 4 is 39.1 Å². The van der Waals surface area contributed by atoms with Crippen LogP contribution in [0.25, 0.3) is 0 Å². The Labute approximate surface area is 193 Å². The van der Waals surface area contributed by atoms with Gasteiger partial charge in [0.25, 0.3) is 0 Å². The molecule has 6 nitrogen and oxygen atoms in total. The van der Waals surface area contributed by atoms with Crippen molar-refractivity contribution in [3.63, 3.8) is 0 Å². The van der Waals surface area contributed by atoms with Gasteiger partial charge in [0.15, 0.2) is 0 Å². The number of piperidine rings is 1. The van der Waals surface area contributed by atoms with Crippen LogP contribution in [0.3, 0.4) is 0 Å². The quantitative estimate of drug-likeness (QED) is 0.590. The lowest BCUT2D eigenvalue weighted by molar-refractivity contribution is -0.135. The molecule has 2 aromatic rings. The first kappa shape index (κ1) is 23.9. The number of ether oxygens (including phenoxy) is 1. The monoisotopic (exact) mass is 484 g/mol. The summed E-state index contributed by atoms with van der Waals surface area (Å²) in [6, 6.07) is 12.4. The lowest BCUT2D eigenvalue weighted by Crippen LogP contribution is -2.46. The minimum atomic E-state index is -3.67. The van der Waals surface area contributed by atoms with Crippen molar-refractivity contribution in [2.45, 2.75) is 25.1 Å². The van der Waals surface area contributed by atoms with Crippen LogP contribution in [0.2, 0.25) is 10.0 Å². The average Bonchev–Trinajstić information content (AvgIpc) is 2.76. The normalized spacial score (nSPS) is 17.4. The van der Waals surface area contributed by atoms with Gasteiger partial charge in [0.1, 0.15) is 5.75 Å². The molecule has 2 aromatic carbocycles. The summed E-state index contributed by atoms with van der Waals surface area (Å²) in [6.45, 7) is 0.922. The first-order valence-electron chi connectivity index (χ1n) is 10.0. The van der Waals surface area contributed by atoms with E-state index < -0.39 is 15.9 Å². The Hall–Kier alpha value is -1.80. The van der Waals surface area contributed by atoms with Crippen molar-refractivity contribution in [1.29, 1.82) is 0 Å². The van der Waals surface area contributed by atoms with Crippen LogP contribution in [0.1, 0.15) is 24.0 Å². The van der Waals surface area contributed by atoms with E-state index in [0.717, 1.165) is 5.56 Å². The molecule has 31 heavy (non-hydrogen) atoms. The molecule has 1 fully saturated rings.